The van der Waals surface area contributed by atoms with Gasteiger partial charge in [-0.1, -0.05) is 0 Å². The number of fused-ring (bicyclic) bond motifs is 1. The fourth-order valence-corrected chi connectivity index (χ4v) is 3.01. The van der Waals surface area contributed by atoms with Crippen LogP contribution in [0.3, 0.4) is 0 Å². The number of hydrogen-bond donors (Lipinski definition) is 1. The summed E-state index contributed by atoms with van der Waals surface area (Å²) in [6, 6.07) is 4.07. The van der Waals surface area contributed by atoms with Crippen LogP contribution in [0.15, 0.2) is 28.2 Å². The molecule has 1 aromatic carbocycles. The number of halogens is 1. The van der Waals surface area contributed by atoms with Gasteiger partial charge in [-0.15, -0.1) is 11.3 Å². The van der Waals surface area contributed by atoms with Crippen molar-refractivity contribution in [3.05, 3.63) is 33.7 Å². The number of anilines is 1. The third-order valence-electron chi connectivity index (χ3n) is 2.74. The van der Waals surface area contributed by atoms with Gasteiger partial charge in [0.15, 0.2) is 16.6 Å². The number of nitrogens with zero attached hydrogens (tertiary/aromatic N) is 1. The van der Waals surface area contributed by atoms with E-state index in [1.807, 2.05) is 17.5 Å². The van der Waals surface area contributed by atoms with E-state index >= 15 is 0 Å². The first-order valence-corrected chi connectivity index (χ1v) is 7.71. The van der Waals surface area contributed by atoms with Crippen molar-refractivity contribution >= 4 is 32.4 Å². The Kier molecular flexibility index (Phi) is 3.89. The van der Waals surface area contributed by atoms with Crippen molar-refractivity contribution in [1.29, 1.82) is 0 Å². The molecule has 100 valence electrons. The molecule has 2 aromatic rings. The van der Waals surface area contributed by atoms with E-state index in [1.54, 1.807) is 17.5 Å². The van der Waals surface area contributed by atoms with Crippen LogP contribution >= 0.6 is 27.3 Å². The zero-order valence-electron chi connectivity index (χ0n) is 10.2. The van der Waals surface area contributed by atoms with Crippen LogP contribution in [-0.4, -0.2) is 18.2 Å². The van der Waals surface area contributed by atoms with Gasteiger partial charge in [0.2, 0.25) is 0 Å². The van der Waals surface area contributed by atoms with Crippen LogP contribution in [0.4, 0.5) is 5.13 Å². The van der Waals surface area contributed by atoms with Crippen LogP contribution in [-0.2, 0) is 6.54 Å². The van der Waals surface area contributed by atoms with E-state index in [0.717, 1.165) is 33.1 Å². The number of benzene rings is 1. The van der Waals surface area contributed by atoms with Crippen molar-refractivity contribution in [2.45, 2.75) is 13.0 Å². The lowest BCUT2D eigenvalue weighted by Gasteiger charge is -2.12. The van der Waals surface area contributed by atoms with Crippen LogP contribution in [0.25, 0.3) is 0 Å². The first-order valence-electron chi connectivity index (χ1n) is 6.04. The van der Waals surface area contributed by atoms with Gasteiger partial charge in [0, 0.05) is 24.5 Å². The fourth-order valence-electron chi connectivity index (χ4n) is 1.87. The van der Waals surface area contributed by atoms with Crippen molar-refractivity contribution in [3.63, 3.8) is 0 Å². The Morgan fingerprint density at radius 3 is 3.05 bits per heavy atom. The highest BCUT2D eigenvalue weighted by atomic mass is 79.9. The van der Waals surface area contributed by atoms with Crippen molar-refractivity contribution in [2.75, 3.05) is 18.5 Å². The van der Waals surface area contributed by atoms with Gasteiger partial charge in [-0.25, -0.2) is 4.98 Å². The van der Waals surface area contributed by atoms with Gasteiger partial charge in [-0.3, -0.25) is 0 Å². The van der Waals surface area contributed by atoms with Gasteiger partial charge in [0.05, 0.1) is 17.7 Å². The third-order valence-corrected chi connectivity index (χ3v) is 4.06. The Hall–Kier alpha value is -1.27. The lowest BCUT2D eigenvalue weighted by Crippen LogP contribution is -2.00. The van der Waals surface area contributed by atoms with E-state index in [-0.39, 0.29) is 0 Å². The van der Waals surface area contributed by atoms with E-state index < -0.39 is 0 Å². The molecule has 19 heavy (non-hydrogen) atoms. The summed E-state index contributed by atoms with van der Waals surface area (Å²) in [7, 11) is 0. The molecule has 4 nitrogen and oxygen atoms in total. The number of rotatable bonds is 3. The monoisotopic (exact) mass is 340 g/mol. The van der Waals surface area contributed by atoms with Crippen LogP contribution in [0.5, 0.6) is 11.5 Å². The minimum absolute atomic E-state index is 0.697. The molecular weight excluding hydrogens is 328 g/mol. The average Bonchev–Trinajstić information content (AvgIpc) is 2.81. The largest absolute Gasteiger partial charge is 0.490 e. The van der Waals surface area contributed by atoms with E-state index in [0.29, 0.717) is 19.8 Å². The van der Waals surface area contributed by atoms with Gasteiger partial charge in [0.25, 0.3) is 0 Å². The Bertz CT molecular complexity index is 560. The van der Waals surface area contributed by atoms with E-state index in [4.69, 9.17) is 9.47 Å². The molecule has 6 heteroatoms. The highest BCUT2D eigenvalue weighted by molar-refractivity contribution is 9.10. The molecule has 1 aromatic heterocycles. The van der Waals surface area contributed by atoms with E-state index in [2.05, 4.69) is 26.2 Å². The smallest absolute Gasteiger partial charge is 0.182 e. The Labute approximate surface area is 123 Å². The first-order chi connectivity index (χ1) is 9.33. The number of aromatic nitrogens is 1. The van der Waals surface area contributed by atoms with Crippen LogP contribution in [0.1, 0.15) is 12.0 Å². The second-order valence-corrected chi connectivity index (χ2v) is 5.90. The van der Waals surface area contributed by atoms with Gasteiger partial charge >= 0.3 is 0 Å². The quantitative estimate of drug-likeness (QED) is 0.925. The number of nitrogens with one attached hydrogen (secondary N) is 1. The van der Waals surface area contributed by atoms with Crippen molar-refractivity contribution < 1.29 is 9.47 Å². The molecule has 0 spiro atoms. The van der Waals surface area contributed by atoms with E-state index in [9.17, 15) is 0 Å². The molecule has 0 atom stereocenters. The summed E-state index contributed by atoms with van der Waals surface area (Å²) in [6.45, 7) is 2.11. The maximum absolute atomic E-state index is 5.71. The van der Waals surface area contributed by atoms with Crippen LogP contribution in [0, 0.1) is 0 Å². The Morgan fingerprint density at radius 1 is 1.32 bits per heavy atom. The second-order valence-electron chi connectivity index (χ2n) is 4.15. The van der Waals surface area contributed by atoms with Gasteiger partial charge in [-0.05, 0) is 33.6 Å². The fraction of sp³-hybridized carbons (Fsp3) is 0.308. The summed E-state index contributed by atoms with van der Waals surface area (Å²) in [5, 5.41) is 6.15. The average molecular weight is 341 g/mol. The summed E-state index contributed by atoms with van der Waals surface area (Å²) in [6.07, 6.45) is 2.70. The summed E-state index contributed by atoms with van der Waals surface area (Å²) in [5.41, 5.74) is 1.13. The summed E-state index contributed by atoms with van der Waals surface area (Å²) in [5.74, 6) is 1.61. The molecule has 0 aliphatic carbocycles. The first kappa shape index (κ1) is 12.7. The maximum Gasteiger partial charge on any atom is 0.182 e. The third kappa shape index (κ3) is 3.01. The zero-order chi connectivity index (χ0) is 13.1. The van der Waals surface area contributed by atoms with Crippen molar-refractivity contribution in [2.24, 2.45) is 0 Å². The maximum atomic E-state index is 5.71. The SMILES string of the molecule is Brc1cc(CNc2nccs2)cc2c1OCCCO2. The Balaban J connectivity index is 1.79. The normalized spacial score (nSPS) is 13.9. The topological polar surface area (TPSA) is 43.4 Å². The molecule has 0 radical (unpaired) electrons. The van der Waals surface area contributed by atoms with Crippen LogP contribution < -0.4 is 14.8 Å². The minimum atomic E-state index is 0.697. The standard InChI is InChI=1S/C13H13BrN2O2S/c14-10-6-9(8-16-13-15-2-5-19-13)7-11-12(10)18-4-1-3-17-11/h2,5-7H,1,3-4,8H2,(H,15,16). The molecule has 1 aliphatic heterocycles. The lowest BCUT2D eigenvalue weighted by molar-refractivity contribution is 0.296. The molecule has 0 bridgehead atoms. The summed E-state index contributed by atoms with van der Waals surface area (Å²) >= 11 is 5.13. The molecule has 1 N–H and O–H groups in total. The molecule has 3 rings (SSSR count). The summed E-state index contributed by atoms with van der Waals surface area (Å²) < 4.78 is 12.3. The lowest BCUT2D eigenvalue weighted by atomic mass is 10.2. The molecule has 1 aliphatic rings. The molecule has 0 saturated carbocycles. The molecular formula is C13H13BrN2O2S. The molecule has 0 fully saturated rings. The Morgan fingerprint density at radius 2 is 2.21 bits per heavy atom. The molecule has 0 saturated heterocycles. The zero-order valence-corrected chi connectivity index (χ0v) is 12.6. The number of thiazole rings is 1. The highest BCUT2D eigenvalue weighted by Gasteiger charge is 2.15. The van der Waals surface area contributed by atoms with Crippen LogP contribution in [0.2, 0.25) is 0 Å². The predicted molar refractivity (Wildman–Crippen MR) is 79.2 cm³/mol. The van der Waals surface area contributed by atoms with Gasteiger partial charge in [0.1, 0.15) is 0 Å². The number of hydrogen-bond acceptors (Lipinski definition) is 5. The van der Waals surface area contributed by atoms with Crippen molar-refractivity contribution in [3.8, 4) is 11.5 Å². The van der Waals surface area contributed by atoms with Gasteiger partial charge < -0.3 is 14.8 Å². The molecule has 0 unspecified atom stereocenters. The molecule has 2 heterocycles. The molecule has 0 amide bonds. The second kappa shape index (κ2) is 5.79. The highest BCUT2D eigenvalue weighted by Crippen LogP contribution is 2.38. The summed E-state index contributed by atoms with van der Waals surface area (Å²) in [4.78, 5) is 4.20. The predicted octanol–water partition coefficient (Wildman–Crippen LogP) is 3.68. The van der Waals surface area contributed by atoms with Crippen molar-refractivity contribution in [1.82, 2.24) is 4.98 Å². The minimum Gasteiger partial charge on any atom is -0.490 e. The van der Waals surface area contributed by atoms with Gasteiger partial charge in [-0.2, -0.15) is 0 Å². The van der Waals surface area contributed by atoms with E-state index in [1.165, 1.54) is 0 Å². The number of ether oxygens (including phenoxy) is 2.